The Balaban J connectivity index is 1.97. The van der Waals surface area contributed by atoms with E-state index in [1.54, 1.807) is 6.07 Å². The predicted molar refractivity (Wildman–Crippen MR) is 118 cm³/mol. The fraction of sp³-hybridized carbons (Fsp3) is 0.273. The molecule has 1 fully saturated rings. The normalized spacial score (nSPS) is 16.7. The summed E-state index contributed by atoms with van der Waals surface area (Å²) in [7, 11) is -4.27. The highest BCUT2D eigenvalue weighted by molar-refractivity contribution is 7.91. The molecule has 0 amide bonds. The molecule has 0 aliphatic carbocycles. The van der Waals surface area contributed by atoms with Crippen molar-refractivity contribution < 1.29 is 31.5 Å². The minimum atomic E-state index is -4.55. The molecule has 0 saturated carbocycles. The average Bonchev–Trinajstić information content (AvgIpc) is 3.38. The average molecular weight is 514 g/mol. The maximum Gasteiger partial charge on any atom is 0.416 e. The summed E-state index contributed by atoms with van der Waals surface area (Å²) in [5.74, 6) is -1.17. The van der Waals surface area contributed by atoms with E-state index in [2.05, 4.69) is 5.10 Å². The first kappa shape index (κ1) is 24.1. The Bertz CT molecular complexity index is 1350. The van der Waals surface area contributed by atoms with Gasteiger partial charge in [0.05, 0.1) is 26.9 Å². The summed E-state index contributed by atoms with van der Waals surface area (Å²) in [4.78, 5) is 12.9. The number of anilines is 1. The van der Waals surface area contributed by atoms with Crippen LogP contribution in [0.15, 0.2) is 58.3 Å². The van der Waals surface area contributed by atoms with Gasteiger partial charge >= 0.3 is 12.1 Å². The second kappa shape index (κ2) is 8.62. The molecule has 1 aromatic heterocycles. The van der Waals surface area contributed by atoms with Gasteiger partial charge in [0.1, 0.15) is 10.9 Å². The number of aliphatic carboxylic acids is 1. The van der Waals surface area contributed by atoms with Gasteiger partial charge in [-0.15, -0.1) is 0 Å². The monoisotopic (exact) mass is 513 g/mol. The molecule has 0 bridgehead atoms. The summed E-state index contributed by atoms with van der Waals surface area (Å²) >= 11 is 6.17. The van der Waals surface area contributed by atoms with Crippen LogP contribution < -0.4 is 4.90 Å². The molecular formula is C22H19ClF3N3O4S. The van der Waals surface area contributed by atoms with E-state index in [-0.39, 0.29) is 45.0 Å². The largest absolute Gasteiger partial charge is 0.480 e. The molecule has 1 aliphatic rings. The zero-order chi connectivity index (χ0) is 24.8. The smallest absolute Gasteiger partial charge is 0.416 e. The van der Waals surface area contributed by atoms with Gasteiger partial charge in [-0.2, -0.15) is 18.3 Å². The maximum atomic E-state index is 13.7. The lowest BCUT2D eigenvalue weighted by atomic mass is 10.2. The molecule has 2 heterocycles. The third kappa shape index (κ3) is 4.14. The van der Waals surface area contributed by atoms with E-state index < -0.39 is 33.6 Å². The third-order valence-corrected chi connectivity index (χ3v) is 8.02. The highest BCUT2D eigenvalue weighted by Gasteiger charge is 2.40. The molecule has 0 spiro atoms. The fourth-order valence-corrected chi connectivity index (χ4v) is 6.21. The fourth-order valence-electron chi connectivity index (χ4n) is 4.09. The van der Waals surface area contributed by atoms with Crippen molar-refractivity contribution in [3.63, 3.8) is 0 Å². The van der Waals surface area contributed by atoms with Crippen LogP contribution in [0.2, 0.25) is 5.02 Å². The number of carboxylic acids is 1. The van der Waals surface area contributed by atoms with Crippen molar-refractivity contribution in [1.82, 2.24) is 9.78 Å². The number of benzene rings is 2. The first-order chi connectivity index (χ1) is 15.9. The van der Waals surface area contributed by atoms with Gasteiger partial charge < -0.3 is 10.0 Å². The molecule has 1 N–H and O–H groups in total. The Morgan fingerprint density at radius 2 is 1.79 bits per heavy atom. The lowest BCUT2D eigenvalue weighted by Crippen LogP contribution is -2.38. The summed E-state index contributed by atoms with van der Waals surface area (Å²) < 4.78 is 67.7. The molecule has 3 aromatic rings. The Hall–Kier alpha value is -3.05. The number of hydrogen-bond acceptors (Lipinski definition) is 5. The standard InChI is InChI=1S/C22H19ClF3N3O4S/c1-13-19(34(32,33)18-7-3-2-5-16(18)23)20(28-12-4-6-17(28)21(30)31)29(27-13)15-10-8-14(9-11-15)22(24,25)26/h2-3,5,7-11,17H,4,6,12H2,1H3,(H,30,31). The van der Waals surface area contributed by atoms with Crippen LogP contribution in [-0.4, -0.2) is 41.9 Å². The van der Waals surface area contributed by atoms with Crippen molar-refractivity contribution in [2.75, 3.05) is 11.4 Å². The zero-order valence-corrected chi connectivity index (χ0v) is 19.3. The SMILES string of the molecule is Cc1nn(-c2ccc(C(F)(F)F)cc2)c(N2CCCC2C(=O)O)c1S(=O)(=O)c1ccccc1Cl. The number of halogens is 4. The molecule has 1 aliphatic heterocycles. The van der Waals surface area contributed by atoms with Gasteiger partial charge in [0.25, 0.3) is 0 Å². The third-order valence-electron chi connectivity index (χ3n) is 5.63. The molecule has 4 rings (SSSR count). The summed E-state index contributed by atoms with van der Waals surface area (Å²) in [5, 5.41) is 14.0. The van der Waals surface area contributed by atoms with Gasteiger partial charge in [-0.25, -0.2) is 17.9 Å². The van der Waals surface area contributed by atoms with Crippen molar-refractivity contribution in [3.05, 3.63) is 64.8 Å². The second-order valence-electron chi connectivity index (χ2n) is 7.82. The maximum absolute atomic E-state index is 13.7. The van der Waals surface area contributed by atoms with Gasteiger partial charge in [-0.05, 0) is 56.2 Å². The number of carbonyl (C=O) groups is 1. The summed E-state index contributed by atoms with van der Waals surface area (Å²) in [6.07, 6.45) is -3.79. The molecule has 0 radical (unpaired) electrons. The Kier molecular flexibility index (Phi) is 6.11. The summed E-state index contributed by atoms with van der Waals surface area (Å²) in [5.41, 5.74) is -0.663. The number of aromatic nitrogens is 2. The van der Waals surface area contributed by atoms with Crippen LogP contribution in [-0.2, 0) is 20.8 Å². The number of aryl methyl sites for hydroxylation is 1. The van der Waals surface area contributed by atoms with Gasteiger partial charge in [0, 0.05) is 6.54 Å². The van der Waals surface area contributed by atoms with Gasteiger partial charge in [0.15, 0.2) is 5.82 Å². The number of rotatable bonds is 5. The quantitative estimate of drug-likeness (QED) is 0.530. The first-order valence-corrected chi connectivity index (χ1v) is 12.1. The van der Waals surface area contributed by atoms with Gasteiger partial charge in [-0.3, -0.25) is 0 Å². The molecule has 12 heteroatoms. The van der Waals surface area contributed by atoms with Gasteiger partial charge in [0.2, 0.25) is 9.84 Å². The van der Waals surface area contributed by atoms with Crippen LogP contribution in [0.25, 0.3) is 5.69 Å². The Morgan fingerprint density at radius 1 is 1.15 bits per heavy atom. The predicted octanol–water partition coefficient (Wildman–Crippen LogP) is 4.74. The number of nitrogens with zero attached hydrogens (tertiary/aromatic N) is 3. The first-order valence-electron chi connectivity index (χ1n) is 10.2. The molecule has 180 valence electrons. The lowest BCUT2D eigenvalue weighted by molar-refractivity contribution is -0.138. The van der Waals surface area contributed by atoms with Crippen LogP contribution in [0, 0.1) is 6.92 Å². The van der Waals surface area contributed by atoms with E-state index in [0.717, 1.165) is 24.3 Å². The highest BCUT2D eigenvalue weighted by atomic mass is 35.5. The van der Waals surface area contributed by atoms with Crippen molar-refractivity contribution >= 4 is 33.2 Å². The van der Waals surface area contributed by atoms with Crippen molar-refractivity contribution in [2.45, 2.75) is 41.8 Å². The van der Waals surface area contributed by atoms with Crippen LogP contribution in [0.1, 0.15) is 24.1 Å². The molecule has 2 aromatic carbocycles. The molecule has 7 nitrogen and oxygen atoms in total. The summed E-state index contributed by atoms with van der Waals surface area (Å²) in [6, 6.07) is 8.84. The number of carboxylic acid groups (broad SMARTS) is 1. The minimum absolute atomic E-state index is 0.0219. The van der Waals surface area contributed by atoms with Crippen LogP contribution in [0.5, 0.6) is 0 Å². The van der Waals surface area contributed by atoms with Crippen molar-refractivity contribution in [2.24, 2.45) is 0 Å². The van der Waals surface area contributed by atoms with E-state index in [1.165, 1.54) is 34.7 Å². The van der Waals surface area contributed by atoms with E-state index >= 15 is 0 Å². The van der Waals surface area contributed by atoms with Gasteiger partial charge in [-0.1, -0.05) is 23.7 Å². The molecule has 1 unspecified atom stereocenters. The van der Waals surface area contributed by atoms with E-state index in [9.17, 15) is 31.5 Å². The van der Waals surface area contributed by atoms with E-state index in [0.29, 0.717) is 6.42 Å². The highest BCUT2D eigenvalue weighted by Crippen LogP contribution is 2.40. The Labute approximate surface area is 198 Å². The number of sulfone groups is 1. The van der Waals surface area contributed by atoms with E-state index in [1.807, 2.05) is 0 Å². The van der Waals surface area contributed by atoms with Crippen LogP contribution >= 0.6 is 11.6 Å². The number of hydrogen-bond donors (Lipinski definition) is 1. The molecule has 1 saturated heterocycles. The minimum Gasteiger partial charge on any atom is -0.480 e. The topological polar surface area (TPSA) is 92.5 Å². The molecular weight excluding hydrogens is 495 g/mol. The molecule has 1 atom stereocenters. The Morgan fingerprint density at radius 3 is 2.38 bits per heavy atom. The summed E-state index contributed by atoms with van der Waals surface area (Å²) in [6.45, 7) is 1.67. The zero-order valence-electron chi connectivity index (χ0n) is 17.8. The van der Waals surface area contributed by atoms with Crippen molar-refractivity contribution in [3.8, 4) is 5.69 Å². The molecule has 34 heavy (non-hydrogen) atoms. The van der Waals surface area contributed by atoms with Crippen LogP contribution in [0.4, 0.5) is 19.0 Å². The van der Waals surface area contributed by atoms with Crippen molar-refractivity contribution in [1.29, 1.82) is 0 Å². The lowest BCUT2D eigenvalue weighted by Gasteiger charge is -2.26. The van der Waals surface area contributed by atoms with Crippen LogP contribution in [0.3, 0.4) is 0 Å². The van der Waals surface area contributed by atoms with E-state index in [4.69, 9.17) is 11.6 Å². The number of alkyl halides is 3. The second-order valence-corrected chi connectivity index (χ2v) is 10.1.